The van der Waals surface area contributed by atoms with E-state index in [2.05, 4.69) is 5.32 Å². The van der Waals surface area contributed by atoms with E-state index in [4.69, 9.17) is 0 Å². The highest BCUT2D eigenvalue weighted by molar-refractivity contribution is 5.85. The Balaban J connectivity index is 0.00000243. The Bertz CT molecular complexity index is 675. The van der Waals surface area contributed by atoms with Gasteiger partial charge in [0.2, 0.25) is 11.8 Å². The zero-order valence-corrected chi connectivity index (χ0v) is 16.3. The average Bonchev–Trinajstić information content (AvgIpc) is 2.62. The summed E-state index contributed by atoms with van der Waals surface area (Å²) in [6.07, 6.45) is 6.31. The highest BCUT2D eigenvalue weighted by atomic mass is 35.5. The molecule has 2 amide bonds. The molecule has 0 aliphatic carbocycles. The van der Waals surface area contributed by atoms with E-state index < -0.39 is 0 Å². The second-order valence-corrected chi connectivity index (χ2v) is 7.00. The van der Waals surface area contributed by atoms with E-state index in [0.29, 0.717) is 12.3 Å². The molecule has 26 heavy (non-hydrogen) atoms. The molecule has 1 aromatic carbocycles. The molecule has 0 saturated carbocycles. The quantitative estimate of drug-likeness (QED) is 0.877. The molecule has 0 aromatic heterocycles. The molecular weight excluding hydrogens is 350 g/mol. The minimum absolute atomic E-state index is 0. The molecule has 2 atom stereocenters. The van der Waals surface area contributed by atoms with Gasteiger partial charge in [-0.2, -0.15) is 0 Å². The van der Waals surface area contributed by atoms with Crippen LogP contribution in [0.15, 0.2) is 30.5 Å². The van der Waals surface area contributed by atoms with Gasteiger partial charge in [0.25, 0.3) is 0 Å². The maximum absolute atomic E-state index is 12.9. The van der Waals surface area contributed by atoms with Crippen LogP contribution in [0.3, 0.4) is 0 Å². The Hall–Kier alpha value is -1.85. The van der Waals surface area contributed by atoms with E-state index in [1.807, 2.05) is 48.5 Å². The summed E-state index contributed by atoms with van der Waals surface area (Å²) in [6.45, 7) is 4.13. The highest BCUT2D eigenvalue weighted by Crippen LogP contribution is 2.33. The van der Waals surface area contributed by atoms with Crippen molar-refractivity contribution in [2.24, 2.45) is 5.92 Å². The fourth-order valence-electron chi connectivity index (χ4n) is 3.95. The van der Waals surface area contributed by atoms with Crippen LogP contribution < -0.4 is 5.32 Å². The Kier molecular flexibility index (Phi) is 7.23. The smallest absolute Gasteiger partial charge is 0.225 e. The number of hydrogen-bond donors (Lipinski definition) is 1. The van der Waals surface area contributed by atoms with Crippen molar-refractivity contribution in [3.8, 4) is 0 Å². The predicted octanol–water partition coefficient (Wildman–Crippen LogP) is 2.83. The van der Waals surface area contributed by atoms with Crippen LogP contribution in [0.25, 0.3) is 6.08 Å². The third kappa shape index (κ3) is 4.46. The van der Waals surface area contributed by atoms with Crippen LogP contribution in [-0.2, 0) is 9.59 Å². The molecule has 1 N–H and O–H groups in total. The first kappa shape index (κ1) is 20.5. The van der Waals surface area contributed by atoms with Crippen molar-refractivity contribution in [3.05, 3.63) is 41.6 Å². The van der Waals surface area contributed by atoms with Gasteiger partial charge in [-0.1, -0.05) is 24.3 Å². The number of hydrogen-bond acceptors (Lipinski definition) is 3. The van der Waals surface area contributed by atoms with E-state index in [-0.39, 0.29) is 30.3 Å². The van der Waals surface area contributed by atoms with Crippen molar-refractivity contribution in [2.75, 3.05) is 26.7 Å². The lowest BCUT2D eigenvalue weighted by molar-refractivity contribution is -0.136. The summed E-state index contributed by atoms with van der Waals surface area (Å²) in [4.78, 5) is 28.7. The molecule has 0 radical (unpaired) electrons. The summed E-state index contributed by atoms with van der Waals surface area (Å²) >= 11 is 0. The molecule has 2 unspecified atom stereocenters. The summed E-state index contributed by atoms with van der Waals surface area (Å²) < 4.78 is 0. The topological polar surface area (TPSA) is 52.7 Å². The normalized spacial score (nSPS) is 21.8. The van der Waals surface area contributed by atoms with Gasteiger partial charge < -0.3 is 15.1 Å². The number of carbonyl (C=O) groups excluding carboxylic acids is 2. The number of nitrogens with one attached hydrogen (secondary N) is 1. The highest BCUT2D eigenvalue weighted by Gasteiger charge is 2.31. The van der Waals surface area contributed by atoms with Gasteiger partial charge in [0.05, 0.1) is 12.5 Å². The van der Waals surface area contributed by atoms with Crippen molar-refractivity contribution in [1.82, 2.24) is 15.1 Å². The van der Waals surface area contributed by atoms with Crippen molar-refractivity contribution in [1.29, 1.82) is 0 Å². The third-order valence-electron chi connectivity index (χ3n) is 5.20. The molecule has 2 heterocycles. The lowest BCUT2D eigenvalue weighted by Crippen LogP contribution is -2.44. The van der Waals surface area contributed by atoms with Gasteiger partial charge in [-0.05, 0) is 49.6 Å². The van der Waals surface area contributed by atoms with Crippen LogP contribution in [0.1, 0.15) is 43.4 Å². The maximum Gasteiger partial charge on any atom is 0.225 e. The van der Waals surface area contributed by atoms with Crippen LogP contribution in [0.4, 0.5) is 0 Å². The van der Waals surface area contributed by atoms with Gasteiger partial charge >= 0.3 is 0 Å². The number of nitrogens with zero attached hydrogens (tertiary/aromatic N) is 2. The van der Waals surface area contributed by atoms with Crippen molar-refractivity contribution < 1.29 is 9.59 Å². The van der Waals surface area contributed by atoms with Crippen molar-refractivity contribution in [3.63, 3.8) is 0 Å². The second-order valence-electron chi connectivity index (χ2n) is 7.00. The van der Waals surface area contributed by atoms with E-state index in [0.717, 1.165) is 37.2 Å². The number of amides is 2. The Labute approximate surface area is 161 Å². The minimum Gasteiger partial charge on any atom is -0.342 e. The van der Waals surface area contributed by atoms with Gasteiger partial charge in [0, 0.05) is 26.2 Å². The Morgan fingerprint density at radius 1 is 1.27 bits per heavy atom. The summed E-state index contributed by atoms with van der Waals surface area (Å²) in [6, 6.07) is 7.80. The first-order valence-electron chi connectivity index (χ1n) is 9.08. The zero-order chi connectivity index (χ0) is 17.8. The summed E-state index contributed by atoms with van der Waals surface area (Å²) in [5.74, 6) is 0.627. The Morgan fingerprint density at radius 2 is 2.04 bits per heavy atom. The largest absolute Gasteiger partial charge is 0.342 e. The lowest BCUT2D eigenvalue weighted by atomic mass is 9.92. The molecular formula is C20H28ClN3O2. The summed E-state index contributed by atoms with van der Waals surface area (Å²) in [7, 11) is 1.96. The molecule has 3 rings (SSSR count). The van der Waals surface area contributed by atoms with Crippen LogP contribution in [0, 0.1) is 5.92 Å². The number of carbonyl (C=O) groups is 2. The zero-order valence-electron chi connectivity index (χ0n) is 15.5. The number of halogens is 1. The SMILES string of the molecule is CNCC1CCCN(C(=O)CC2c3ccccc3C=CN2C(C)=O)C1.Cl. The average molecular weight is 378 g/mol. The second kappa shape index (κ2) is 9.19. The summed E-state index contributed by atoms with van der Waals surface area (Å²) in [5.41, 5.74) is 2.14. The van der Waals surface area contributed by atoms with Crippen molar-refractivity contribution >= 4 is 30.3 Å². The van der Waals surface area contributed by atoms with Gasteiger partial charge in [-0.15, -0.1) is 12.4 Å². The van der Waals surface area contributed by atoms with E-state index >= 15 is 0 Å². The van der Waals surface area contributed by atoms with Gasteiger partial charge in [0.15, 0.2) is 0 Å². The van der Waals surface area contributed by atoms with Crippen LogP contribution in [-0.4, -0.2) is 48.3 Å². The van der Waals surface area contributed by atoms with Gasteiger partial charge in [-0.25, -0.2) is 0 Å². The van der Waals surface area contributed by atoms with E-state index in [9.17, 15) is 9.59 Å². The monoisotopic (exact) mass is 377 g/mol. The number of rotatable bonds is 4. The Morgan fingerprint density at radius 3 is 2.77 bits per heavy atom. The van der Waals surface area contributed by atoms with Crippen LogP contribution in [0.5, 0.6) is 0 Å². The van der Waals surface area contributed by atoms with Crippen molar-refractivity contribution in [2.45, 2.75) is 32.2 Å². The fourth-order valence-corrected chi connectivity index (χ4v) is 3.95. The molecule has 2 aliphatic rings. The molecule has 2 aliphatic heterocycles. The standard InChI is InChI=1S/C20H27N3O2.ClH/c1-15(24)23-11-9-17-7-3-4-8-18(17)19(23)12-20(25)22-10-5-6-16(14-22)13-21-2;/h3-4,7-9,11,16,19,21H,5-6,10,12-14H2,1-2H3;1H. The molecule has 6 heteroatoms. The number of benzene rings is 1. The summed E-state index contributed by atoms with van der Waals surface area (Å²) in [5, 5.41) is 3.21. The molecule has 1 aromatic rings. The maximum atomic E-state index is 12.9. The molecule has 1 fully saturated rings. The third-order valence-corrected chi connectivity index (χ3v) is 5.20. The molecule has 1 saturated heterocycles. The van der Waals surface area contributed by atoms with E-state index in [1.165, 1.54) is 6.42 Å². The molecule has 142 valence electrons. The minimum atomic E-state index is -0.212. The number of fused-ring (bicyclic) bond motifs is 1. The van der Waals surface area contributed by atoms with E-state index in [1.54, 1.807) is 11.8 Å². The van der Waals surface area contributed by atoms with Crippen LogP contribution in [0.2, 0.25) is 0 Å². The molecule has 0 bridgehead atoms. The lowest BCUT2D eigenvalue weighted by Gasteiger charge is -2.36. The van der Waals surface area contributed by atoms with Gasteiger partial charge in [-0.3, -0.25) is 9.59 Å². The molecule has 5 nitrogen and oxygen atoms in total. The predicted molar refractivity (Wildman–Crippen MR) is 106 cm³/mol. The fraction of sp³-hybridized carbons (Fsp3) is 0.500. The van der Waals surface area contributed by atoms with Crippen LogP contribution >= 0.6 is 12.4 Å². The number of piperidine rings is 1. The number of likely N-dealkylation sites (tertiary alicyclic amines) is 1. The first-order valence-corrected chi connectivity index (χ1v) is 9.08. The molecule has 0 spiro atoms. The van der Waals surface area contributed by atoms with Gasteiger partial charge in [0.1, 0.15) is 0 Å². The first-order chi connectivity index (χ1) is 12.1.